The number of aryl methyl sites for hydroxylation is 2. The van der Waals surface area contributed by atoms with Gasteiger partial charge in [0.05, 0.1) is 11.1 Å². The molecule has 0 atom stereocenters. The standard InChI is InChI=1S/C17H22N6S3/c1-2-8-19-16-22-23-17(26-16)24-9-12-20-14(18)13-10-6-4-3-5-7-11(10)25-15(13)21-12/h2-9H2,1H3,(H,19,22)(H2,18,20,21). The van der Waals surface area contributed by atoms with Gasteiger partial charge in [-0.05, 0) is 37.7 Å². The summed E-state index contributed by atoms with van der Waals surface area (Å²) in [5.74, 6) is 2.06. The van der Waals surface area contributed by atoms with Gasteiger partial charge in [0.15, 0.2) is 4.34 Å². The molecule has 3 aromatic rings. The molecule has 0 saturated carbocycles. The minimum atomic E-state index is 0.632. The third-order valence-corrected chi connectivity index (χ3v) is 7.59. The molecule has 4 rings (SSSR count). The molecule has 0 spiro atoms. The van der Waals surface area contributed by atoms with Gasteiger partial charge in [-0.25, -0.2) is 9.97 Å². The maximum absolute atomic E-state index is 6.32. The monoisotopic (exact) mass is 406 g/mol. The molecule has 9 heteroatoms. The van der Waals surface area contributed by atoms with Crippen LogP contribution in [0.3, 0.4) is 0 Å². The molecule has 0 amide bonds. The first-order valence-electron chi connectivity index (χ1n) is 9.01. The fourth-order valence-corrected chi connectivity index (χ4v) is 6.09. The van der Waals surface area contributed by atoms with Crippen LogP contribution in [0.15, 0.2) is 4.34 Å². The molecule has 3 heterocycles. The summed E-state index contributed by atoms with van der Waals surface area (Å²) in [5, 5.41) is 13.6. The molecule has 0 bridgehead atoms. The van der Waals surface area contributed by atoms with Gasteiger partial charge < -0.3 is 11.1 Å². The van der Waals surface area contributed by atoms with Gasteiger partial charge in [-0.15, -0.1) is 21.5 Å². The molecular formula is C17H22N6S3. The topological polar surface area (TPSA) is 89.6 Å². The second-order valence-corrected chi connectivity index (χ2v) is 9.64. The number of thiophene rings is 1. The Hall–Kier alpha value is -1.45. The molecule has 6 nitrogen and oxygen atoms in total. The molecule has 3 N–H and O–H groups in total. The molecule has 138 valence electrons. The highest BCUT2D eigenvalue weighted by atomic mass is 32.2. The normalized spacial score (nSPS) is 14.3. The van der Waals surface area contributed by atoms with Gasteiger partial charge in [-0.1, -0.05) is 36.4 Å². The molecule has 0 fully saturated rings. The lowest BCUT2D eigenvalue weighted by Gasteiger charge is -2.03. The van der Waals surface area contributed by atoms with Crippen LogP contribution in [0, 0.1) is 0 Å². The number of nitrogens with one attached hydrogen (secondary N) is 1. The van der Waals surface area contributed by atoms with E-state index in [9.17, 15) is 0 Å². The SMILES string of the molecule is CCCNc1nnc(SCc2nc(N)c3c4c(sc3n2)CCCCC4)s1. The Kier molecular flexibility index (Phi) is 5.56. The fourth-order valence-electron chi connectivity index (χ4n) is 3.17. The number of nitrogens with two attached hydrogens (primary N) is 1. The largest absolute Gasteiger partial charge is 0.383 e. The number of hydrogen-bond acceptors (Lipinski definition) is 9. The highest BCUT2D eigenvalue weighted by molar-refractivity contribution is 8.00. The van der Waals surface area contributed by atoms with Crippen LogP contribution >= 0.6 is 34.4 Å². The van der Waals surface area contributed by atoms with Crippen molar-refractivity contribution in [2.24, 2.45) is 0 Å². The van der Waals surface area contributed by atoms with Crippen LogP contribution in [-0.2, 0) is 18.6 Å². The summed E-state index contributed by atoms with van der Waals surface area (Å²) >= 11 is 4.98. The molecule has 1 aliphatic rings. The maximum Gasteiger partial charge on any atom is 0.206 e. The molecular weight excluding hydrogens is 384 g/mol. The molecule has 0 unspecified atom stereocenters. The lowest BCUT2D eigenvalue weighted by Crippen LogP contribution is -2.00. The van der Waals surface area contributed by atoms with Crippen LogP contribution in [0.25, 0.3) is 10.2 Å². The average Bonchev–Trinajstić information content (AvgIpc) is 3.16. The zero-order valence-electron chi connectivity index (χ0n) is 14.7. The van der Waals surface area contributed by atoms with Gasteiger partial charge in [0.2, 0.25) is 5.13 Å². The predicted molar refractivity (Wildman–Crippen MR) is 111 cm³/mol. The number of aromatic nitrogens is 4. The smallest absolute Gasteiger partial charge is 0.206 e. The Balaban J connectivity index is 1.51. The summed E-state index contributed by atoms with van der Waals surface area (Å²) in [4.78, 5) is 11.9. The number of anilines is 2. The summed E-state index contributed by atoms with van der Waals surface area (Å²) in [5.41, 5.74) is 7.71. The van der Waals surface area contributed by atoms with Crippen LogP contribution in [0.2, 0.25) is 0 Å². The Morgan fingerprint density at radius 3 is 2.88 bits per heavy atom. The van der Waals surface area contributed by atoms with Crippen molar-refractivity contribution in [3.8, 4) is 0 Å². The molecule has 0 aromatic carbocycles. The first kappa shape index (κ1) is 17.9. The predicted octanol–water partition coefficient (Wildman–Crippen LogP) is 4.51. The van der Waals surface area contributed by atoms with Crippen LogP contribution in [0.1, 0.15) is 48.9 Å². The molecule has 0 saturated heterocycles. The van der Waals surface area contributed by atoms with Crippen molar-refractivity contribution in [3.05, 3.63) is 16.3 Å². The van der Waals surface area contributed by atoms with Crippen LogP contribution in [0.5, 0.6) is 0 Å². The van der Waals surface area contributed by atoms with E-state index in [4.69, 9.17) is 10.7 Å². The molecule has 1 aliphatic carbocycles. The molecule has 0 aliphatic heterocycles. The zero-order valence-corrected chi connectivity index (χ0v) is 17.2. The van der Waals surface area contributed by atoms with E-state index in [1.807, 2.05) is 0 Å². The highest BCUT2D eigenvalue weighted by Crippen LogP contribution is 2.37. The van der Waals surface area contributed by atoms with Crippen molar-refractivity contribution >= 4 is 55.6 Å². The lowest BCUT2D eigenvalue weighted by atomic mass is 10.1. The van der Waals surface area contributed by atoms with Gasteiger partial charge in [-0.3, -0.25) is 0 Å². The van der Waals surface area contributed by atoms with E-state index in [0.29, 0.717) is 11.6 Å². The minimum Gasteiger partial charge on any atom is -0.383 e. The number of rotatable bonds is 6. The Morgan fingerprint density at radius 2 is 2.00 bits per heavy atom. The first-order chi connectivity index (χ1) is 12.7. The first-order valence-corrected chi connectivity index (χ1v) is 11.6. The Bertz CT molecular complexity index is 903. The van der Waals surface area contributed by atoms with Gasteiger partial charge in [-0.2, -0.15) is 0 Å². The Morgan fingerprint density at radius 1 is 1.12 bits per heavy atom. The van der Waals surface area contributed by atoms with Crippen molar-refractivity contribution < 1.29 is 0 Å². The third kappa shape index (κ3) is 3.79. The van der Waals surface area contributed by atoms with E-state index in [1.165, 1.54) is 29.7 Å². The van der Waals surface area contributed by atoms with E-state index in [2.05, 4.69) is 27.4 Å². The number of hydrogen-bond donors (Lipinski definition) is 2. The van der Waals surface area contributed by atoms with Gasteiger partial charge in [0.25, 0.3) is 0 Å². The fraction of sp³-hybridized carbons (Fsp3) is 0.529. The average molecular weight is 407 g/mol. The maximum atomic E-state index is 6.32. The minimum absolute atomic E-state index is 0.632. The van der Waals surface area contributed by atoms with Gasteiger partial charge in [0, 0.05) is 11.4 Å². The van der Waals surface area contributed by atoms with Gasteiger partial charge in [0.1, 0.15) is 16.5 Å². The molecule has 0 radical (unpaired) electrons. The van der Waals surface area contributed by atoms with Crippen molar-refractivity contribution in [1.29, 1.82) is 0 Å². The third-order valence-electron chi connectivity index (χ3n) is 4.40. The lowest BCUT2D eigenvalue weighted by molar-refractivity contribution is 0.713. The number of nitrogen functional groups attached to an aromatic ring is 1. The number of thioether (sulfide) groups is 1. The quantitative estimate of drug-likeness (QED) is 0.460. The summed E-state index contributed by atoms with van der Waals surface area (Å²) in [6.07, 6.45) is 7.13. The van der Waals surface area contributed by atoms with Crippen molar-refractivity contribution in [2.45, 2.75) is 55.5 Å². The van der Waals surface area contributed by atoms with Gasteiger partial charge >= 0.3 is 0 Å². The van der Waals surface area contributed by atoms with E-state index in [0.717, 1.165) is 51.3 Å². The number of nitrogens with zero attached hydrogens (tertiary/aromatic N) is 4. The van der Waals surface area contributed by atoms with Crippen molar-refractivity contribution in [3.63, 3.8) is 0 Å². The Labute approximate surface area is 165 Å². The summed E-state index contributed by atoms with van der Waals surface area (Å²) in [6.45, 7) is 3.05. The highest BCUT2D eigenvalue weighted by Gasteiger charge is 2.19. The van der Waals surface area contributed by atoms with Crippen LogP contribution in [0.4, 0.5) is 10.9 Å². The summed E-state index contributed by atoms with van der Waals surface area (Å²) < 4.78 is 0.924. The summed E-state index contributed by atoms with van der Waals surface area (Å²) in [7, 11) is 0. The zero-order chi connectivity index (χ0) is 17.9. The van der Waals surface area contributed by atoms with Crippen molar-refractivity contribution in [1.82, 2.24) is 20.2 Å². The number of fused-ring (bicyclic) bond motifs is 3. The van der Waals surface area contributed by atoms with Crippen molar-refractivity contribution in [2.75, 3.05) is 17.6 Å². The van der Waals surface area contributed by atoms with Crippen LogP contribution < -0.4 is 11.1 Å². The van der Waals surface area contributed by atoms with Crippen LogP contribution in [-0.4, -0.2) is 26.7 Å². The van der Waals surface area contributed by atoms with E-state index >= 15 is 0 Å². The second kappa shape index (κ2) is 8.06. The second-order valence-electron chi connectivity index (χ2n) is 6.36. The van der Waals surface area contributed by atoms with E-state index in [-0.39, 0.29) is 0 Å². The van der Waals surface area contributed by atoms with E-state index < -0.39 is 0 Å². The molecule has 26 heavy (non-hydrogen) atoms. The van der Waals surface area contributed by atoms with E-state index in [1.54, 1.807) is 34.4 Å². The molecule has 3 aromatic heterocycles. The summed E-state index contributed by atoms with van der Waals surface area (Å²) in [6, 6.07) is 0.